The Morgan fingerprint density at radius 3 is 0.910 bits per heavy atom. The maximum Gasteiger partial charge on any atom is 0.305 e. The van der Waals surface area contributed by atoms with Crippen molar-refractivity contribution in [2.75, 3.05) is 13.2 Å². The van der Waals surface area contributed by atoms with Crippen molar-refractivity contribution in [3.8, 4) is 0 Å². The van der Waals surface area contributed by atoms with E-state index in [-0.39, 0.29) is 18.5 Å². The zero-order chi connectivity index (χ0) is 56.4. The molecule has 78 heavy (non-hydrogen) atoms. The summed E-state index contributed by atoms with van der Waals surface area (Å²) in [5.74, 6) is -0.0136. The first-order chi connectivity index (χ1) is 38.5. The fourth-order valence-electron chi connectivity index (χ4n) is 11.6. The van der Waals surface area contributed by atoms with Crippen LogP contribution >= 0.6 is 0 Å². The molecule has 6 heteroatoms. The zero-order valence-corrected chi connectivity index (χ0v) is 53.2. The van der Waals surface area contributed by atoms with Crippen LogP contribution in [-0.4, -0.2) is 47.4 Å². The van der Waals surface area contributed by atoms with Crippen LogP contribution in [0.4, 0.5) is 0 Å². The molecule has 0 radical (unpaired) electrons. The van der Waals surface area contributed by atoms with E-state index in [2.05, 4.69) is 31.3 Å². The van der Waals surface area contributed by atoms with Gasteiger partial charge in [-0.2, -0.15) is 0 Å². The van der Waals surface area contributed by atoms with Crippen LogP contribution in [0.15, 0.2) is 12.2 Å². The predicted molar refractivity (Wildman–Crippen MR) is 343 cm³/mol. The molecule has 0 saturated carbocycles. The van der Waals surface area contributed by atoms with Crippen molar-refractivity contribution < 1.29 is 24.5 Å². The molecule has 0 aromatic rings. The molecule has 0 heterocycles. The highest BCUT2D eigenvalue weighted by Crippen LogP contribution is 2.19. The Kier molecular flexibility index (Phi) is 66.9. The maximum atomic E-state index is 12.5. The molecule has 6 nitrogen and oxygen atoms in total. The van der Waals surface area contributed by atoms with E-state index >= 15 is 0 Å². The van der Waals surface area contributed by atoms with E-state index in [0.29, 0.717) is 25.9 Å². The summed E-state index contributed by atoms with van der Waals surface area (Å²) in [5.41, 5.74) is 0. The van der Waals surface area contributed by atoms with Gasteiger partial charge in [0.1, 0.15) is 0 Å². The van der Waals surface area contributed by atoms with E-state index in [1.807, 2.05) is 0 Å². The third kappa shape index (κ3) is 63.8. The summed E-state index contributed by atoms with van der Waals surface area (Å²) in [6, 6.07) is -0.537. The van der Waals surface area contributed by atoms with Gasteiger partial charge in [-0.15, -0.1) is 0 Å². The van der Waals surface area contributed by atoms with Gasteiger partial charge in [-0.05, 0) is 51.4 Å². The Labute approximate surface area is 489 Å². The molecule has 0 aliphatic heterocycles. The Bertz CT molecular complexity index is 1180. The molecule has 2 atom stereocenters. The molecule has 1 amide bonds. The van der Waals surface area contributed by atoms with Gasteiger partial charge in [-0.25, -0.2) is 0 Å². The number of amides is 1. The first-order valence-corrected chi connectivity index (χ1v) is 35.9. The average Bonchev–Trinajstić information content (AvgIpc) is 3.44. The molecule has 2 unspecified atom stereocenters. The number of aliphatic hydroxyl groups is 2. The minimum atomic E-state index is -0.660. The van der Waals surface area contributed by atoms with E-state index in [4.69, 9.17) is 4.74 Å². The minimum Gasteiger partial charge on any atom is -0.466 e. The zero-order valence-electron chi connectivity index (χ0n) is 53.2. The smallest absolute Gasteiger partial charge is 0.305 e. The van der Waals surface area contributed by atoms with Crippen molar-refractivity contribution in [1.29, 1.82) is 0 Å². The van der Waals surface area contributed by atoms with Crippen LogP contribution in [0.2, 0.25) is 0 Å². The minimum absolute atomic E-state index is 0.0142. The Morgan fingerprint density at radius 2 is 0.603 bits per heavy atom. The van der Waals surface area contributed by atoms with Crippen molar-refractivity contribution in [3.05, 3.63) is 12.2 Å². The fourth-order valence-corrected chi connectivity index (χ4v) is 11.6. The van der Waals surface area contributed by atoms with Gasteiger partial charge in [0.25, 0.3) is 0 Å². The Morgan fingerprint density at radius 1 is 0.346 bits per heavy atom. The largest absolute Gasteiger partial charge is 0.466 e. The summed E-state index contributed by atoms with van der Waals surface area (Å²) in [6.45, 7) is 4.99. The monoisotopic (exact) mass is 1100 g/mol. The quantitative estimate of drug-likeness (QED) is 0.0320. The molecular weight excluding hydrogens is 959 g/mol. The van der Waals surface area contributed by atoms with Gasteiger partial charge < -0.3 is 20.3 Å². The Balaban J connectivity index is 3.31. The normalized spacial score (nSPS) is 12.5. The molecule has 0 saturated heterocycles. The summed E-state index contributed by atoms with van der Waals surface area (Å²) in [7, 11) is 0. The SMILES string of the molecule is CCCCCCCCC/C=C\CCCCCCCC(=O)OCCCCCCCCCCCCCCCCCCCCCCCCCCCCCCCCCC(=O)NC(CO)C(O)CCCCCCCCCCCCCCCC. The van der Waals surface area contributed by atoms with Crippen LogP contribution < -0.4 is 5.32 Å². The van der Waals surface area contributed by atoms with Gasteiger partial charge in [0.15, 0.2) is 0 Å². The highest BCUT2D eigenvalue weighted by Gasteiger charge is 2.20. The van der Waals surface area contributed by atoms with E-state index in [1.165, 1.54) is 334 Å². The summed E-state index contributed by atoms with van der Waals surface area (Å²) in [6.07, 6.45) is 84.2. The lowest BCUT2D eigenvalue weighted by molar-refractivity contribution is -0.143. The van der Waals surface area contributed by atoms with Crippen LogP contribution in [0.5, 0.6) is 0 Å². The number of hydrogen-bond donors (Lipinski definition) is 3. The van der Waals surface area contributed by atoms with E-state index in [9.17, 15) is 19.8 Å². The van der Waals surface area contributed by atoms with Crippen LogP contribution in [0, 0.1) is 0 Å². The first-order valence-electron chi connectivity index (χ1n) is 35.9. The van der Waals surface area contributed by atoms with Crippen LogP contribution in [0.25, 0.3) is 0 Å². The summed E-state index contributed by atoms with van der Waals surface area (Å²) in [5, 5.41) is 23.3. The summed E-state index contributed by atoms with van der Waals surface area (Å²) < 4.78 is 5.50. The third-order valence-corrected chi connectivity index (χ3v) is 17.1. The number of rotatable bonds is 68. The second-order valence-electron chi connectivity index (χ2n) is 24.9. The van der Waals surface area contributed by atoms with Crippen molar-refractivity contribution in [3.63, 3.8) is 0 Å². The molecule has 0 fully saturated rings. The van der Waals surface area contributed by atoms with Gasteiger partial charge in [0.2, 0.25) is 5.91 Å². The number of esters is 1. The number of nitrogens with one attached hydrogen (secondary N) is 1. The number of carbonyl (C=O) groups is 2. The molecule has 3 N–H and O–H groups in total. The number of carbonyl (C=O) groups excluding carboxylic acids is 2. The van der Waals surface area contributed by atoms with E-state index in [0.717, 1.165) is 44.9 Å². The molecular formula is C72H141NO5. The van der Waals surface area contributed by atoms with Crippen molar-refractivity contribution in [2.24, 2.45) is 0 Å². The fraction of sp³-hybridized carbons (Fsp3) is 0.944. The third-order valence-electron chi connectivity index (χ3n) is 17.1. The lowest BCUT2D eigenvalue weighted by atomic mass is 10.0. The van der Waals surface area contributed by atoms with E-state index in [1.54, 1.807) is 0 Å². The summed E-state index contributed by atoms with van der Waals surface area (Å²) in [4.78, 5) is 24.6. The predicted octanol–water partition coefficient (Wildman–Crippen LogP) is 23.1. The highest BCUT2D eigenvalue weighted by atomic mass is 16.5. The van der Waals surface area contributed by atoms with Gasteiger partial charge in [-0.1, -0.05) is 360 Å². The van der Waals surface area contributed by atoms with Crippen molar-refractivity contribution in [2.45, 2.75) is 424 Å². The number of unbranched alkanes of at least 4 members (excludes halogenated alkanes) is 55. The van der Waals surface area contributed by atoms with Gasteiger partial charge in [-0.3, -0.25) is 9.59 Å². The number of allylic oxidation sites excluding steroid dienone is 2. The van der Waals surface area contributed by atoms with Crippen LogP contribution in [0.1, 0.15) is 412 Å². The number of hydrogen-bond acceptors (Lipinski definition) is 5. The molecule has 0 aromatic carbocycles. The van der Waals surface area contributed by atoms with Crippen LogP contribution in [0.3, 0.4) is 0 Å². The summed E-state index contributed by atoms with van der Waals surface area (Å²) >= 11 is 0. The number of aliphatic hydroxyl groups excluding tert-OH is 2. The van der Waals surface area contributed by atoms with Crippen LogP contribution in [-0.2, 0) is 14.3 Å². The molecule has 0 aliphatic rings. The maximum absolute atomic E-state index is 12.5. The lowest BCUT2D eigenvalue weighted by Crippen LogP contribution is -2.45. The molecule has 464 valence electrons. The average molecular weight is 1100 g/mol. The molecule has 0 aliphatic carbocycles. The van der Waals surface area contributed by atoms with Crippen molar-refractivity contribution in [1.82, 2.24) is 5.32 Å². The van der Waals surface area contributed by atoms with Gasteiger partial charge >= 0.3 is 5.97 Å². The first kappa shape index (κ1) is 76.6. The molecule has 0 aromatic heterocycles. The molecule has 0 bridgehead atoms. The molecule has 0 rings (SSSR count). The molecule has 0 spiro atoms. The topological polar surface area (TPSA) is 95.9 Å². The highest BCUT2D eigenvalue weighted by molar-refractivity contribution is 5.76. The van der Waals surface area contributed by atoms with E-state index < -0.39 is 12.1 Å². The van der Waals surface area contributed by atoms with Crippen molar-refractivity contribution >= 4 is 11.9 Å². The second-order valence-corrected chi connectivity index (χ2v) is 24.9. The lowest BCUT2D eigenvalue weighted by Gasteiger charge is -2.22. The Hall–Kier alpha value is -1.40. The van der Waals surface area contributed by atoms with Gasteiger partial charge in [0.05, 0.1) is 25.4 Å². The standard InChI is InChI=1S/C72H141NO5/c1-3-5-7-9-11-13-15-17-19-38-42-46-50-54-58-62-66-72(77)78-67-63-59-55-51-47-43-39-36-34-32-30-28-26-24-22-20-21-23-25-27-29-31-33-35-37-41-45-49-53-57-61-65-71(76)73-69(68-74)70(75)64-60-56-52-48-44-40-18-16-14-12-10-8-6-4-2/h19,38,69-70,74-75H,3-18,20-37,39-68H2,1-2H3,(H,73,76)/b38-19-. The van der Waals surface area contributed by atoms with Gasteiger partial charge in [0, 0.05) is 12.8 Å². The second kappa shape index (κ2) is 68.1. The number of ether oxygens (including phenoxy) is 1.